The van der Waals surface area contributed by atoms with E-state index in [2.05, 4.69) is 15.2 Å². The van der Waals surface area contributed by atoms with Gasteiger partial charge in [-0.2, -0.15) is 0 Å². The van der Waals surface area contributed by atoms with E-state index in [1.807, 2.05) is 20.8 Å². The van der Waals surface area contributed by atoms with Crippen molar-refractivity contribution in [2.24, 2.45) is 0 Å². The second-order valence-electron chi connectivity index (χ2n) is 7.61. The van der Waals surface area contributed by atoms with Gasteiger partial charge < -0.3 is 14.6 Å². The summed E-state index contributed by atoms with van der Waals surface area (Å²) < 4.78 is 38.5. The number of aromatic nitrogens is 1. The van der Waals surface area contributed by atoms with E-state index in [4.69, 9.17) is 9.26 Å². The number of hydrogen-bond donors (Lipinski definition) is 2. The largest absolute Gasteiger partial charge is 0.495 e. The summed E-state index contributed by atoms with van der Waals surface area (Å²) >= 11 is 0. The minimum Gasteiger partial charge on any atom is -0.495 e. The van der Waals surface area contributed by atoms with Gasteiger partial charge >= 0.3 is 0 Å². The van der Waals surface area contributed by atoms with Crippen LogP contribution < -0.4 is 14.8 Å². The highest BCUT2D eigenvalue weighted by atomic mass is 32.2. The predicted octanol–water partition coefficient (Wildman–Crippen LogP) is 4.03. The third-order valence-electron chi connectivity index (χ3n) is 4.25. The van der Waals surface area contributed by atoms with Crippen LogP contribution in [0.3, 0.4) is 0 Å². The number of benzene rings is 2. The van der Waals surface area contributed by atoms with Gasteiger partial charge in [0.1, 0.15) is 11.5 Å². The first-order chi connectivity index (χ1) is 14.1. The second-order valence-corrected chi connectivity index (χ2v) is 9.30. The number of para-hydroxylation sites is 2. The Hall–Kier alpha value is -3.33. The quantitative estimate of drug-likeness (QED) is 0.612. The molecule has 8 nitrogen and oxygen atoms in total. The Kier molecular flexibility index (Phi) is 5.84. The van der Waals surface area contributed by atoms with Gasteiger partial charge in [-0.3, -0.25) is 9.52 Å². The molecule has 1 amide bonds. The number of nitrogens with one attached hydrogen (secondary N) is 2. The van der Waals surface area contributed by atoms with Crippen LogP contribution in [-0.2, 0) is 15.4 Å². The van der Waals surface area contributed by atoms with Crippen molar-refractivity contribution in [2.75, 3.05) is 17.1 Å². The summed E-state index contributed by atoms with van der Waals surface area (Å²) in [4.78, 5) is 12.5. The van der Waals surface area contributed by atoms with Gasteiger partial charge in [0, 0.05) is 17.0 Å². The molecule has 0 bridgehead atoms. The van der Waals surface area contributed by atoms with Gasteiger partial charge in [0.25, 0.3) is 15.9 Å². The normalized spacial score (nSPS) is 11.7. The number of rotatable bonds is 6. The molecule has 1 aromatic heterocycles. The molecule has 0 aliphatic carbocycles. The van der Waals surface area contributed by atoms with Crippen molar-refractivity contribution in [1.82, 2.24) is 5.16 Å². The van der Waals surface area contributed by atoms with Crippen LogP contribution in [0, 0.1) is 0 Å². The molecule has 2 N–H and O–H groups in total. The Morgan fingerprint density at radius 2 is 1.80 bits per heavy atom. The van der Waals surface area contributed by atoms with Gasteiger partial charge in [0.2, 0.25) is 0 Å². The summed E-state index contributed by atoms with van der Waals surface area (Å²) in [5.74, 6) is 0.759. The summed E-state index contributed by atoms with van der Waals surface area (Å²) in [6.45, 7) is 5.88. The maximum atomic E-state index is 12.8. The van der Waals surface area contributed by atoms with Crippen molar-refractivity contribution >= 4 is 27.4 Å². The van der Waals surface area contributed by atoms with E-state index in [1.54, 1.807) is 30.3 Å². The number of sulfonamides is 1. The first kappa shape index (κ1) is 21.4. The van der Waals surface area contributed by atoms with Crippen molar-refractivity contribution in [2.45, 2.75) is 31.1 Å². The molecule has 2 aromatic carbocycles. The van der Waals surface area contributed by atoms with Gasteiger partial charge in [-0.15, -0.1) is 0 Å². The number of nitrogens with zero attached hydrogens (tertiary/aromatic N) is 1. The Morgan fingerprint density at radius 3 is 2.47 bits per heavy atom. The summed E-state index contributed by atoms with van der Waals surface area (Å²) in [5, 5.41) is 6.46. The molecule has 0 atom stereocenters. The lowest BCUT2D eigenvalue weighted by Crippen LogP contribution is -2.16. The topological polar surface area (TPSA) is 111 Å². The van der Waals surface area contributed by atoms with E-state index < -0.39 is 15.9 Å². The van der Waals surface area contributed by atoms with Crippen LogP contribution in [-0.4, -0.2) is 26.6 Å². The summed E-state index contributed by atoms with van der Waals surface area (Å²) in [6.07, 6.45) is 0. The van der Waals surface area contributed by atoms with Gasteiger partial charge in [0.15, 0.2) is 5.82 Å². The van der Waals surface area contributed by atoms with Crippen molar-refractivity contribution in [1.29, 1.82) is 0 Å². The smallest absolute Gasteiger partial charge is 0.262 e. The predicted molar refractivity (Wildman–Crippen MR) is 113 cm³/mol. The molecule has 0 saturated carbocycles. The number of methoxy groups -OCH3 is 1. The average molecular weight is 429 g/mol. The van der Waals surface area contributed by atoms with Crippen LogP contribution in [0.1, 0.15) is 36.9 Å². The minimum atomic E-state index is -3.93. The Bertz CT molecular complexity index is 1160. The van der Waals surface area contributed by atoms with Gasteiger partial charge in [-0.05, 0) is 30.3 Å². The van der Waals surface area contributed by atoms with Crippen molar-refractivity contribution in [3.05, 3.63) is 65.9 Å². The first-order valence-corrected chi connectivity index (χ1v) is 10.6. The highest BCUT2D eigenvalue weighted by Gasteiger charge is 2.22. The molecule has 0 saturated heterocycles. The van der Waals surface area contributed by atoms with Crippen molar-refractivity contribution < 1.29 is 22.5 Å². The fraction of sp³-hybridized carbons (Fsp3) is 0.238. The summed E-state index contributed by atoms with van der Waals surface area (Å²) in [6, 6.07) is 14.0. The number of amides is 1. The SMILES string of the molecule is COc1ccccc1NS(=O)(=O)c1cccc(C(=O)Nc2cc(C(C)(C)C)on2)c1. The lowest BCUT2D eigenvalue weighted by Gasteiger charge is -2.12. The van der Waals surface area contributed by atoms with E-state index in [1.165, 1.54) is 31.4 Å². The van der Waals surface area contributed by atoms with E-state index >= 15 is 0 Å². The first-order valence-electron chi connectivity index (χ1n) is 9.14. The van der Waals surface area contributed by atoms with E-state index in [-0.39, 0.29) is 21.7 Å². The zero-order valence-corrected chi connectivity index (χ0v) is 17.9. The van der Waals surface area contributed by atoms with E-state index in [9.17, 15) is 13.2 Å². The number of anilines is 2. The highest BCUT2D eigenvalue weighted by Crippen LogP contribution is 2.27. The third kappa shape index (κ3) is 4.80. The maximum Gasteiger partial charge on any atom is 0.262 e. The van der Waals surface area contributed by atoms with Crippen LogP contribution in [0.4, 0.5) is 11.5 Å². The molecule has 0 spiro atoms. The molecule has 0 fully saturated rings. The monoisotopic (exact) mass is 429 g/mol. The van der Waals surface area contributed by atoms with Crippen LogP contribution in [0.2, 0.25) is 0 Å². The summed E-state index contributed by atoms with van der Waals surface area (Å²) in [5.41, 5.74) is 0.207. The molecule has 0 unspecified atom stereocenters. The molecular formula is C21H23N3O5S. The summed E-state index contributed by atoms with van der Waals surface area (Å²) in [7, 11) is -2.48. The molecule has 3 aromatic rings. The lowest BCUT2D eigenvalue weighted by atomic mass is 9.93. The number of hydrogen-bond acceptors (Lipinski definition) is 6. The van der Waals surface area contributed by atoms with Crippen molar-refractivity contribution in [3.8, 4) is 5.75 Å². The molecule has 158 valence electrons. The van der Waals surface area contributed by atoms with Crippen LogP contribution >= 0.6 is 0 Å². The van der Waals surface area contributed by atoms with Gasteiger partial charge in [-0.1, -0.05) is 44.1 Å². The number of ether oxygens (including phenoxy) is 1. The molecule has 9 heteroatoms. The standard InChI is InChI=1S/C21H23N3O5S/c1-21(2,3)18-13-19(23-29-18)22-20(25)14-8-7-9-15(12-14)30(26,27)24-16-10-5-6-11-17(16)28-4/h5-13,24H,1-4H3,(H,22,23,25). The fourth-order valence-corrected chi connectivity index (χ4v) is 3.73. The zero-order valence-electron chi connectivity index (χ0n) is 17.1. The van der Waals surface area contributed by atoms with Crippen LogP contribution in [0.25, 0.3) is 0 Å². The molecule has 0 aliphatic rings. The number of carbonyl (C=O) groups is 1. The number of carbonyl (C=O) groups excluding carboxylic acids is 1. The van der Waals surface area contributed by atoms with Crippen LogP contribution in [0.15, 0.2) is 64.0 Å². The lowest BCUT2D eigenvalue weighted by molar-refractivity contribution is 0.102. The minimum absolute atomic E-state index is 0.0587. The van der Waals surface area contributed by atoms with E-state index in [0.717, 1.165) is 0 Å². The van der Waals surface area contributed by atoms with Gasteiger partial charge in [-0.25, -0.2) is 8.42 Å². The maximum absolute atomic E-state index is 12.8. The Morgan fingerprint density at radius 1 is 1.07 bits per heavy atom. The zero-order chi connectivity index (χ0) is 21.9. The van der Waals surface area contributed by atoms with Gasteiger partial charge in [0.05, 0.1) is 17.7 Å². The second kappa shape index (κ2) is 8.19. The third-order valence-corrected chi connectivity index (χ3v) is 5.61. The molecule has 0 radical (unpaired) electrons. The highest BCUT2D eigenvalue weighted by molar-refractivity contribution is 7.92. The molecule has 1 heterocycles. The Balaban J connectivity index is 1.81. The van der Waals surface area contributed by atoms with E-state index in [0.29, 0.717) is 17.2 Å². The molecule has 3 rings (SSSR count). The fourth-order valence-electron chi connectivity index (χ4n) is 2.61. The Labute approximate surface area is 175 Å². The molecule has 0 aliphatic heterocycles. The van der Waals surface area contributed by atoms with Crippen LogP contribution in [0.5, 0.6) is 5.75 Å². The average Bonchev–Trinajstić information content (AvgIpc) is 3.17. The molecule has 30 heavy (non-hydrogen) atoms. The van der Waals surface area contributed by atoms with Crippen molar-refractivity contribution in [3.63, 3.8) is 0 Å². The molecular weight excluding hydrogens is 406 g/mol.